The number of nitrogens with zero attached hydrogens (tertiary/aromatic N) is 4. The van der Waals surface area contributed by atoms with Gasteiger partial charge in [-0.25, -0.2) is 4.68 Å². The number of nitrogens with one attached hydrogen (secondary N) is 1. The van der Waals surface area contributed by atoms with Crippen molar-refractivity contribution in [1.82, 2.24) is 19.7 Å². The van der Waals surface area contributed by atoms with Gasteiger partial charge in [-0.1, -0.05) is 0 Å². The predicted octanol–water partition coefficient (Wildman–Crippen LogP) is 3.30. The summed E-state index contributed by atoms with van der Waals surface area (Å²) in [4.78, 5) is 20.4. The molecule has 3 heterocycles. The van der Waals surface area contributed by atoms with Gasteiger partial charge in [0.15, 0.2) is 0 Å². The minimum absolute atomic E-state index is 0.0339. The molecule has 0 spiro atoms. The molecule has 1 aliphatic carbocycles. The van der Waals surface area contributed by atoms with Gasteiger partial charge >= 0.3 is 0 Å². The van der Waals surface area contributed by atoms with Gasteiger partial charge in [0.1, 0.15) is 0 Å². The van der Waals surface area contributed by atoms with Crippen LogP contribution in [0.1, 0.15) is 31.7 Å². The van der Waals surface area contributed by atoms with E-state index >= 15 is 0 Å². The van der Waals surface area contributed by atoms with Crippen molar-refractivity contribution in [3.8, 4) is 11.3 Å². The highest BCUT2D eigenvalue weighted by Gasteiger charge is 2.24. The van der Waals surface area contributed by atoms with Crippen molar-refractivity contribution >= 4 is 5.69 Å². The Hall–Kier alpha value is -3.02. The predicted molar refractivity (Wildman–Crippen MR) is 101 cm³/mol. The van der Waals surface area contributed by atoms with E-state index in [1.807, 2.05) is 24.3 Å². The van der Waals surface area contributed by atoms with E-state index in [1.165, 1.54) is 0 Å². The topological polar surface area (TPSA) is 72.7 Å². The third-order valence-electron chi connectivity index (χ3n) is 4.89. The number of anilines is 1. The van der Waals surface area contributed by atoms with Crippen molar-refractivity contribution < 1.29 is 0 Å². The molecule has 0 unspecified atom stereocenters. The summed E-state index contributed by atoms with van der Waals surface area (Å²) in [5, 5.41) is 8.17. The van der Waals surface area contributed by atoms with Crippen LogP contribution >= 0.6 is 0 Å². The second-order valence-corrected chi connectivity index (χ2v) is 6.62. The van der Waals surface area contributed by atoms with Crippen molar-refractivity contribution in [2.75, 3.05) is 5.32 Å². The maximum absolute atomic E-state index is 12.3. The van der Waals surface area contributed by atoms with Gasteiger partial charge in [0.2, 0.25) is 0 Å². The van der Waals surface area contributed by atoms with E-state index in [4.69, 9.17) is 0 Å². The average molecular weight is 347 g/mol. The fourth-order valence-electron chi connectivity index (χ4n) is 3.51. The van der Waals surface area contributed by atoms with Crippen molar-refractivity contribution in [2.45, 2.75) is 37.8 Å². The Morgan fingerprint density at radius 1 is 0.846 bits per heavy atom. The molecule has 0 aromatic carbocycles. The molecular weight excluding hydrogens is 326 g/mol. The largest absolute Gasteiger partial charge is 0.382 e. The first-order valence-corrected chi connectivity index (χ1v) is 8.96. The van der Waals surface area contributed by atoms with Crippen molar-refractivity contribution in [2.24, 2.45) is 0 Å². The van der Waals surface area contributed by atoms with Crippen molar-refractivity contribution in [1.29, 1.82) is 0 Å². The lowest BCUT2D eigenvalue weighted by Gasteiger charge is -2.30. The Bertz CT molecular complexity index is 902. The van der Waals surface area contributed by atoms with Crippen LogP contribution in [0.2, 0.25) is 0 Å². The Balaban J connectivity index is 1.47. The minimum atomic E-state index is -0.0339. The molecule has 1 fully saturated rings. The Labute approximate surface area is 151 Å². The van der Waals surface area contributed by atoms with Gasteiger partial charge in [0.25, 0.3) is 5.56 Å². The van der Waals surface area contributed by atoms with Crippen molar-refractivity contribution in [3.05, 3.63) is 71.5 Å². The van der Waals surface area contributed by atoms with E-state index in [9.17, 15) is 4.79 Å². The van der Waals surface area contributed by atoms with E-state index in [2.05, 4.69) is 20.4 Å². The summed E-state index contributed by atoms with van der Waals surface area (Å²) in [6.07, 6.45) is 11.0. The number of pyridine rings is 2. The summed E-state index contributed by atoms with van der Waals surface area (Å²) in [6.45, 7) is 0. The van der Waals surface area contributed by atoms with Crippen LogP contribution < -0.4 is 10.9 Å². The molecule has 0 bridgehead atoms. The summed E-state index contributed by atoms with van der Waals surface area (Å²) in [7, 11) is 0. The van der Waals surface area contributed by atoms with Crippen LogP contribution in [0.4, 0.5) is 5.69 Å². The third kappa shape index (κ3) is 3.64. The van der Waals surface area contributed by atoms with Crippen LogP contribution in [0.25, 0.3) is 11.3 Å². The molecule has 6 nitrogen and oxygen atoms in total. The molecule has 1 N–H and O–H groups in total. The van der Waals surface area contributed by atoms with E-state index in [0.717, 1.165) is 42.6 Å². The van der Waals surface area contributed by atoms with Gasteiger partial charge in [-0.3, -0.25) is 14.8 Å². The van der Waals surface area contributed by atoms with Crippen LogP contribution in [-0.2, 0) is 0 Å². The molecule has 1 aliphatic rings. The SMILES string of the molecule is O=c1ccc(-c2ccncc2)nn1C1CCC(Nc2ccncc2)CC1. The molecular formula is C20H21N5O. The third-order valence-corrected chi connectivity index (χ3v) is 4.89. The molecule has 1 saturated carbocycles. The standard InChI is InChI=1S/C20H21N5O/c26-20-6-5-19(15-7-11-21-12-8-15)24-25(20)18-3-1-16(2-4-18)23-17-9-13-22-14-10-17/h5-14,16,18H,1-4H2,(H,22,23). The van der Waals surface area contributed by atoms with Gasteiger partial charge in [0, 0.05) is 48.1 Å². The second-order valence-electron chi connectivity index (χ2n) is 6.62. The van der Waals surface area contributed by atoms with Gasteiger partial charge in [0.05, 0.1) is 11.7 Å². The summed E-state index contributed by atoms with van der Waals surface area (Å²) >= 11 is 0. The normalized spacial score (nSPS) is 19.8. The molecule has 0 amide bonds. The van der Waals surface area contributed by atoms with Crippen LogP contribution in [0.5, 0.6) is 0 Å². The maximum Gasteiger partial charge on any atom is 0.267 e. The zero-order valence-corrected chi connectivity index (χ0v) is 14.5. The number of hydrogen-bond acceptors (Lipinski definition) is 5. The molecule has 0 saturated heterocycles. The molecule has 26 heavy (non-hydrogen) atoms. The average Bonchev–Trinajstić information content (AvgIpc) is 2.71. The Morgan fingerprint density at radius 3 is 2.19 bits per heavy atom. The van der Waals surface area contributed by atoms with E-state index in [-0.39, 0.29) is 11.6 Å². The monoisotopic (exact) mass is 347 g/mol. The molecule has 0 atom stereocenters. The van der Waals surface area contributed by atoms with E-state index < -0.39 is 0 Å². The Morgan fingerprint density at radius 2 is 1.50 bits per heavy atom. The second kappa shape index (κ2) is 7.47. The summed E-state index contributed by atoms with van der Waals surface area (Å²) < 4.78 is 1.67. The summed E-state index contributed by atoms with van der Waals surface area (Å²) in [6, 6.07) is 11.8. The fraction of sp³-hybridized carbons (Fsp3) is 0.300. The maximum atomic E-state index is 12.3. The first kappa shape index (κ1) is 16.4. The smallest absolute Gasteiger partial charge is 0.267 e. The van der Waals surface area contributed by atoms with E-state index in [0.29, 0.717) is 6.04 Å². The molecule has 0 radical (unpaired) electrons. The summed E-state index contributed by atoms with van der Waals surface area (Å²) in [5.41, 5.74) is 2.84. The highest BCUT2D eigenvalue weighted by molar-refractivity contribution is 5.57. The number of hydrogen-bond donors (Lipinski definition) is 1. The fourth-order valence-corrected chi connectivity index (χ4v) is 3.51. The van der Waals surface area contributed by atoms with Gasteiger partial charge < -0.3 is 5.32 Å². The Kier molecular flexibility index (Phi) is 4.73. The van der Waals surface area contributed by atoms with E-state index in [1.54, 1.807) is 41.6 Å². The molecule has 132 valence electrons. The molecule has 3 aromatic rings. The lowest BCUT2D eigenvalue weighted by atomic mass is 9.91. The van der Waals surface area contributed by atoms with Crippen molar-refractivity contribution in [3.63, 3.8) is 0 Å². The highest BCUT2D eigenvalue weighted by atomic mass is 16.1. The van der Waals surface area contributed by atoms with Gasteiger partial charge in [-0.15, -0.1) is 0 Å². The zero-order valence-electron chi connectivity index (χ0n) is 14.5. The number of aromatic nitrogens is 4. The minimum Gasteiger partial charge on any atom is -0.382 e. The van der Waals surface area contributed by atoms with Gasteiger partial charge in [-0.2, -0.15) is 5.10 Å². The highest BCUT2D eigenvalue weighted by Crippen LogP contribution is 2.29. The summed E-state index contributed by atoms with van der Waals surface area (Å²) in [5.74, 6) is 0. The van der Waals surface area contributed by atoms with Crippen LogP contribution in [0.3, 0.4) is 0 Å². The number of rotatable bonds is 4. The lowest BCUT2D eigenvalue weighted by molar-refractivity contribution is 0.304. The molecule has 6 heteroatoms. The first-order valence-electron chi connectivity index (χ1n) is 8.96. The van der Waals surface area contributed by atoms with Crippen LogP contribution in [0, 0.1) is 0 Å². The van der Waals surface area contributed by atoms with Crippen LogP contribution in [-0.4, -0.2) is 25.8 Å². The zero-order chi connectivity index (χ0) is 17.8. The van der Waals surface area contributed by atoms with Crippen LogP contribution in [0.15, 0.2) is 66.0 Å². The molecule has 4 rings (SSSR count). The molecule has 3 aromatic heterocycles. The van der Waals surface area contributed by atoms with Gasteiger partial charge in [-0.05, 0) is 56.0 Å². The molecule has 0 aliphatic heterocycles. The first-order chi connectivity index (χ1) is 12.8. The lowest BCUT2D eigenvalue weighted by Crippen LogP contribution is -2.33. The quantitative estimate of drug-likeness (QED) is 0.784.